The summed E-state index contributed by atoms with van der Waals surface area (Å²) in [6.07, 6.45) is 1.27. The monoisotopic (exact) mass is 525 g/mol. The first kappa shape index (κ1) is 24.7. The van der Waals surface area contributed by atoms with Crippen LogP contribution in [0.5, 0.6) is 5.75 Å². The van der Waals surface area contributed by atoms with Gasteiger partial charge in [-0.2, -0.15) is 0 Å². The topological polar surface area (TPSA) is 125 Å². The maximum atomic E-state index is 13.4. The summed E-state index contributed by atoms with van der Waals surface area (Å²) >= 11 is 1.11. The zero-order valence-corrected chi connectivity index (χ0v) is 21.1. The normalized spacial score (nSPS) is 10.8. The van der Waals surface area contributed by atoms with Crippen LogP contribution >= 0.6 is 11.3 Å². The zero-order chi connectivity index (χ0) is 26.6. The Balaban J connectivity index is 1.48. The number of phenols is 1. The van der Waals surface area contributed by atoms with Crippen molar-refractivity contribution in [2.75, 3.05) is 16.0 Å². The van der Waals surface area contributed by atoms with E-state index in [4.69, 9.17) is 0 Å². The third-order valence-corrected chi connectivity index (χ3v) is 6.78. The number of nitrogens with one attached hydrogen (secondary N) is 3. The second-order valence-corrected chi connectivity index (χ2v) is 9.59. The van der Waals surface area contributed by atoms with Crippen molar-refractivity contribution < 1.29 is 14.7 Å². The van der Waals surface area contributed by atoms with E-state index in [2.05, 4.69) is 20.9 Å². The number of hydrogen-bond donors (Lipinski definition) is 4. The van der Waals surface area contributed by atoms with Crippen molar-refractivity contribution >= 4 is 55.4 Å². The van der Waals surface area contributed by atoms with Crippen molar-refractivity contribution in [3.8, 4) is 5.75 Å². The van der Waals surface area contributed by atoms with Gasteiger partial charge < -0.3 is 21.1 Å². The van der Waals surface area contributed by atoms with Crippen LogP contribution in [0.2, 0.25) is 0 Å². The number of carbonyl (C=O) groups excluding carboxylic acids is 2. The molecule has 5 rings (SSSR count). The number of amides is 2. The SMILES string of the molecule is Cc1ccc(NC(=O)c2c(Nc3ccccc3)sc3c(=O)n(CC(=O)Nc4ccc(O)cc4)cnc23)cc1. The molecule has 0 aliphatic rings. The van der Waals surface area contributed by atoms with Gasteiger partial charge in [0.15, 0.2) is 0 Å². The highest BCUT2D eigenvalue weighted by Crippen LogP contribution is 2.35. The van der Waals surface area contributed by atoms with E-state index >= 15 is 0 Å². The zero-order valence-electron chi connectivity index (χ0n) is 20.3. The Kier molecular flexibility index (Phi) is 6.88. The Hall–Kier alpha value is -4.96. The van der Waals surface area contributed by atoms with Crippen molar-refractivity contribution in [3.05, 3.63) is 107 Å². The van der Waals surface area contributed by atoms with E-state index in [0.717, 1.165) is 22.6 Å². The second-order valence-electron chi connectivity index (χ2n) is 8.57. The molecule has 0 atom stereocenters. The van der Waals surface area contributed by atoms with E-state index in [-0.39, 0.29) is 28.1 Å². The lowest BCUT2D eigenvalue weighted by Gasteiger charge is -2.09. The number of thiophene rings is 1. The first-order chi connectivity index (χ1) is 18.4. The van der Waals surface area contributed by atoms with Gasteiger partial charge in [0.25, 0.3) is 11.5 Å². The number of rotatable bonds is 7. The van der Waals surface area contributed by atoms with E-state index in [0.29, 0.717) is 16.4 Å². The molecule has 0 aliphatic carbocycles. The molecule has 0 saturated heterocycles. The summed E-state index contributed by atoms with van der Waals surface area (Å²) in [5.41, 5.74) is 2.96. The average molecular weight is 526 g/mol. The lowest BCUT2D eigenvalue weighted by Crippen LogP contribution is -2.27. The molecular weight excluding hydrogens is 502 g/mol. The summed E-state index contributed by atoms with van der Waals surface area (Å²) in [7, 11) is 0. The Morgan fingerprint density at radius 3 is 2.26 bits per heavy atom. The van der Waals surface area contributed by atoms with Gasteiger partial charge in [-0.3, -0.25) is 19.0 Å². The maximum absolute atomic E-state index is 13.4. The highest BCUT2D eigenvalue weighted by Gasteiger charge is 2.24. The van der Waals surface area contributed by atoms with Crippen LogP contribution in [0.25, 0.3) is 10.2 Å². The predicted molar refractivity (Wildman–Crippen MR) is 149 cm³/mol. The summed E-state index contributed by atoms with van der Waals surface area (Å²) in [6, 6.07) is 22.7. The van der Waals surface area contributed by atoms with E-state index in [1.807, 2.05) is 49.4 Å². The van der Waals surface area contributed by atoms with Crippen LogP contribution < -0.4 is 21.5 Å². The number of para-hydroxylation sites is 1. The minimum absolute atomic E-state index is 0.0775. The maximum Gasteiger partial charge on any atom is 0.271 e. The number of phenolic OH excluding ortho intramolecular Hbond substituents is 1. The molecule has 38 heavy (non-hydrogen) atoms. The number of benzene rings is 3. The first-order valence-electron chi connectivity index (χ1n) is 11.7. The number of carbonyl (C=O) groups is 2. The van der Waals surface area contributed by atoms with Crippen molar-refractivity contribution in [1.29, 1.82) is 0 Å². The molecule has 0 bridgehead atoms. The van der Waals surface area contributed by atoms with Crippen molar-refractivity contribution in [2.45, 2.75) is 13.5 Å². The van der Waals surface area contributed by atoms with Crippen LogP contribution in [0.1, 0.15) is 15.9 Å². The molecule has 0 fully saturated rings. The Morgan fingerprint density at radius 1 is 0.895 bits per heavy atom. The fourth-order valence-electron chi connectivity index (χ4n) is 3.80. The molecule has 9 nitrogen and oxygen atoms in total. The van der Waals surface area contributed by atoms with Gasteiger partial charge in [-0.25, -0.2) is 4.98 Å². The molecule has 3 aromatic carbocycles. The molecule has 0 spiro atoms. The van der Waals surface area contributed by atoms with Gasteiger partial charge in [-0.05, 0) is 55.5 Å². The highest BCUT2D eigenvalue weighted by atomic mass is 32.1. The number of aryl methyl sites for hydroxylation is 1. The van der Waals surface area contributed by atoms with E-state index in [9.17, 15) is 19.5 Å². The van der Waals surface area contributed by atoms with Crippen LogP contribution in [-0.2, 0) is 11.3 Å². The van der Waals surface area contributed by atoms with Crippen molar-refractivity contribution in [1.82, 2.24) is 9.55 Å². The van der Waals surface area contributed by atoms with Crippen LogP contribution in [0, 0.1) is 6.92 Å². The highest BCUT2D eigenvalue weighted by molar-refractivity contribution is 7.23. The summed E-state index contributed by atoms with van der Waals surface area (Å²) < 4.78 is 1.44. The Morgan fingerprint density at radius 2 is 1.55 bits per heavy atom. The third-order valence-electron chi connectivity index (χ3n) is 5.70. The molecule has 190 valence electrons. The van der Waals surface area contributed by atoms with Gasteiger partial charge in [-0.1, -0.05) is 35.9 Å². The number of aromatic hydroxyl groups is 1. The van der Waals surface area contributed by atoms with Gasteiger partial charge in [-0.15, -0.1) is 11.3 Å². The van der Waals surface area contributed by atoms with Gasteiger partial charge in [0.1, 0.15) is 33.1 Å². The van der Waals surface area contributed by atoms with E-state index in [1.165, 1.54) is 23.0 Å². The van der Waals surface area contributed by atoms with Crippen LogP contribution in [0.15, 0.2) is 90.0 Å². The minimum Gasteiger partial charge on any atom is -0.508 e. The lowest BCUT2D eigenvalue weighted by atomic mass is 10.2. The molecule has 2 aromatic heterocycles. The molecule has 0 saturated carbocycles. The van der Waals surface area contributed by atoms with Crippen LogP contribution in [0.3, 0.4) is 0 Å². The first-order valence-corrected chi connectivity index (χ1v) is 12.5. The molecule has 4 N–H and O–H groups in total. The Labute approximate surface area is 221 Å². The molecular formula is C28H23N5O4S. The van der Waals surface area contributed by atoms with E-state index in [1.54, 1.807) is 24.3 Å². The summed E-state index contributed by atoms with van der Waals surface area (Å²) in [5.74, 6) is -0.766. The molecule has 0 aliphatic heterocycles. The summed E-state index contributed by atoms with van der Waals surface area (Å²) in [4.78, 5) is 43.8. The Bertz CT molecular complexity index is 1680. The fourth-order valence-corrected chi connectivity index (χ4v) is 4.92. The van der Waals surface area contributed by atoms with Gasteiger partial charge in [0, 0.05) is 17.1 Å². The van der Waals surface area contributed by atoms with Gasteiger partial charge in [0.05, 0.1) is 6.33 Å². The average Bonchev–Trinajstić information content (AvgIpc) is 3.28. The molecule has 2 heterocycles. The molecule has 2 amide bonds. The second kappa shape index (κ2) is 10.6. The fraction of sp³-hybridized carbons (Fsp3) is 0.0714. The van der Waals surface area contributed by atoms with Crippen molar-refractivity contribution in [2.24, 2.45) is 0 Å². The number of hydrogen-bond acceptors (Lipinski definition) is 7. The third kappa shape index (κ3) is 5.40. The number of nitrogens with zero attached hydrogens (tertiary/aromatic N) is 2. The van der Waals surface area contributed by atoms with Gasteiger partial charge >= 0.3 is 0 Å². The lowest BCUT2D eigenvalue weighted by molar-refractivity contribution is -0.116. The number of anilines is 4. The van der Waals surface area contributed by atoms with Gasteiger partial charge in [0.2, 0.25) is 5.91 Å². The number of fused-ring (bicyclic) bond motifs is 1. The summed E-state index contributed by atoms with van der Waals surface area (Å²) in [6.45, 7) is 1.69. The smallest absolute Gasteiger partial charge is 0.271 e. The van der Waals surface area contributed by atoms with Crippen LogP contribution in [-0.4, -0.2) is 26.5 Å². The quantitative estimate of drug-likeness (QED) is 0.219. The molecule has 0 unspecified atom stereocenters. The molecule has 0 radical (unpaired) electrons. The predicted octanol–water partition coefficient (Wildman–Crippen LogP) is 5.11. The van der Waals surface area contributed by atoms with Crippen molar-refractivity contribution in [3.63, 3.8) is 0 Å². The number of aromatic nitrogens is 2. The molecule has 5 aromatic rings. The standard InChI is InChI=1S/C28H23N5O4S/c1-17-7-9-20(10-8-17)31-26(36)23-24-25(38-27(23)32-18-5-3-2-4-6-18)28(37)33(16-29-24)15-22(35)30-19-11-13-21(34)14-12-19/h2-14,16,32,34H,15H2,1H3,(H,30,35)(H,31,36). The largest absolute Gasteiger partial charge is 0.508 e. The summed E-state index contributed by atoms with van der Waals surface area (Å²) in [5, 5.41) is 18.7. The van der Waals surface area contributed by atoms with Crippen LogP contribution in [0.4, 0.5) is 22.1 Å². The minimum atomic E-state index is -0.439. The molecule has 10 heteroatoms. The van der Waals surface area contributed by atoms with E-state index < -0.39 is 17.4 Å².